The summed E-state index contributed by atoms with van der Waals surface area (Å²) in [7, 11) is 0. The number of rotatable bonds is 3. The highest BCUT2D eigenvalue weighted by molar-refractivity contribution is 7.71. The molecule has 0 amide bonds. The maximum atomic E-state index is 13.1. The summed E-state index contributed by atoms with van der Waals surface area (Å²) in [5.41, 5.74) is 0.586. The number of alkyl halides is 3. The molecule has 8 heteroatoms. The van der Waals surface area contributed by atoms with E-state index >= 15 is 0 Å². The minimum absolute atomic E-state index is 0.0796. The van der Waals surface area contributed by atoms with Crippen molar-refractivity contribution in [3.05, 3.63) is 75.3 Å². The molecular formula is C18H13ClF3N3S. The molecule has 1 saturated carbocycles. The molecule has 4 rings (SSSR count). The fourth-order valence-electron chi connectivity index (χ4n) is 3.20. The van der Waals surface area contributed by atoms with Gasteiger partial charge < -0.3 is 0 Å². The average molecular weight is 396 g/mol. The first-order valence-corrected chi connectivity index (χ1v) is 8.74. The van der Waals surface area contributed by atoms with Crippen LogP contribution in [0.5, 0.6) is 0 Å². The third kappa shape index (κ3) is 3.05. The van der Waals surface area contributed by atoms with Crippen molar-refractivity contribution in [3.8, 4) is 5.69 Å². The smallest absolute Gasteiger partial charge is 0.270 e. The Labute approximate surface area is 157 Å². The number of H-pyrrole nitrogens is 1. The van der Waals surface area contributed by atoms with Gasteiger partial charge in [0.05, 0.1) is 16.3 Å². The molecule has 0 saturated heterocycles. The molecule has 0 radical (unpaired) electrons. The van der Waals surface area contributed by atoms with Gasteiger partial charge >= 0.3 is 6.18 Å². The summed E-state index contributed by atoms with van der Waals surface area (Å²) < 4.78 is 41.0. The van der Waals surface area contributed by atoms with Crippen LogP contribution in [-0.4, -0.2) is 14.8 Å². The van der Waals surface area contributed by atoms with E-state index in [9.17, 15) is 13.2 Å². The Kier molecular flexibility index (Phi) is 4.16. The third-order valence-electron chi connectivity index (χ3n) is 4.56. The molecule has 1 heterocycles. The van der Waals surface area contributed by atoms with E-state index in [1.165, 1.54) is 16.2 Å². The Bertz CT molecular complexity index is 1010. The minimum atomic E-state index is -4.46. The zero-order valence-electron chi connectivity index (χ0n) is 13.3. The van der Waals surface area contributed by atoms with E-state index in [1.807, 2.05) is 30.3 Å². The molecule has 1 N–H and O–H groups in total. The second-order valence-corrected chi connectivity index (χ2v) is 7.04. The summed E-state index contributed by atoms with van der Waals surface area (Å²) in [6, 6.07) is 13.1. The molecule has 2 atom stereocenters. The predicted molar refractivity (Wildman–Crippen MR) is 95.3 cm³/mol. The Morgan fingerprint density at radius 1 is 1.12 bits per heavy atom. The van der Waals surface area contributed by atoms with E-state index in [2.05, 4.69) is 10.2 Å². The van der Waals surface area contributed by atoms with Gasteiger partial charge in [-0.05, 0) is 48.3 Å². The number of nitrogens with zero attached hydrogens (tertiary/aromatic N) is 2. The summed E-state index contributed by atoms with van der Waals surface area (Å²) in [4.78, 5) is 0. The quantitative estimate of drug-likeness (QED) is 0.562. The largest absolute Gasteiger partial charge is 0.416 e. The summed E-state index contributed by atoms with van der Waals surface area (Å²) in [6.45, 7) is 0. The summed E-state index contributed by atoms with van der Waals surface area (Å²) >= 11 is 11.4. The minimum Gasteiger partial charge on any atom is -0.270 e. The molecule has 1 aliphatic rings. The van der Waals surface area contributed by atoms with E-state index < -0.39 is 11.7 Å². The first kappa shape index (κ1) is 17.3. The van der Waals surface area contributed by atoms with Gasteiger partial charge in [0.25, 0.3) is 0 Å². The van der Waals surface area contributed by atoms with Gasteiger partial charge in [-0.15, -0.1) is 0 Å². The summed E-state index contributed by atoms with van der Waals surface area (Å²) in [6.07, 6.45) is -3.60. The fraction of sp³-hybridized carbons (Fsp3) is 0.222. The van der Waals surface area contributed by atoms with Crippen molar-refractivity contribution in [3.63, 3.8) is 0 Å². The highest BCUT2D eigenvalue weighted by atomic mass is 35.5. The number of halogens is 4. The molecule has 0 bridgehead atoms. The lowest BCUT2D eigenvalue weighted by atomic mass is 10.1. The lowest BCUT2D eigenvalue weighted by molar-refractivity contribution is -0.137. The van der Waals surface area contributed by atoms with Crippen molar-refractivity contribution in [1.82, 2.24) is 14.8 Å². The SMILES string of the molecule is FC(F)(F)c1ccc(Cl)c(-n2c([C@H]3C[C@@H]3c3ccccc3)n[nH]c2=S)c1. The molecule has 0 aliphatic heterocycles. The number of aromatic amines is 1. The third-order valence-corrected chi connectivity index (χ3v) is 5.16. The zero-order chi connectivity index (χ0) is 18.5. The molecule has 0 spiro atoms. The predicted octanol–water partition coefficient (Wildman–Crippen LogP) is 5.87. The van der Waals surface area contributed by atoms with Gasteiger partial charge in [-0.3, -0.25) is 9.67 Å². The Morgan fingerprint density at radius 3 is 2.54 bits per heavy atom. The van der Waals surface area contributed by atoms with E-state index in [0.29, 0.717) is 5.82 Å². The molecule has 3 aromatic rings. The second kappa shape index (κ2) is 6.25. The van der Waals surface area contributed by atoms with Gasteiger partial charge in [0.1, 0.15) is 5.82 Å². The van der Waals surface area contributed by atoms with Gasteiger partial charge in [-0.2, -0.15) is 18.3 Å². The molecule has 2 aromatic carbocycles. The maximum Gasteiger partial charge on any atom is 0.416 e. The van der Waals surface area contributed by atoms with Crippen molar-refractivity contribution < 1.29 is 13.2 Å². The van der Waals surface area contributed by atoms with Crippen molar-refractivity contribution in [2.45, 2.75) is 24.4 Å². The lowest BCUT2D eigenvalue weighted by Crippen LogP contribution is -2.08. The monoisotopic (exact) mass is 395 g/mol. The molecular weight excluding hydrogens is 383 g/mol. The number of nitrogens with one attached hydrogen (secondary N) is 1. The molecule has 134 valence electrons. The van der Waals surface area contributed by atoms with Crippen molar-refractivity contribution in [2.75, 3.05) is 0 Å². The normalized spacial score (nSPS) is 19.5. The standard InChI is InChI=1S/C18H13ClF3N3S/c19-14-7-6-11(18(20,21)22)8-15(14)25-16(23-24-17(25)26)13-9-12(13)10-4-2-1-3-5-10/h1-8,12-13H,9H2,(H,24,26)/t12-,13+/m1/s1. The van der Waals surface area contributed by atoms with E-state index in [1.54, 1.807) is 0 Å². The summed E-state index contributed by atoms with van der Waals surface area (Å²) in [5, 5.41) is 7.15. The van der Waals surface area contributed by atoms with Crippen LogP contribution in [0.1, 0.15) is 35.2 Å². The van der Waals surface area contributed by atoms with Crippen molar-refractivity contribution >= 4 is 23.8 Å². The Balaban J connectivity index is 1.76. The fourth-order valence-corrected chi connectivity index (χ4v) is 3.64. The van der Waals surface area contributed by atoms with Crippen LogP contribution in [0.25, 0.3) is 5.69 Å². The molecule has 0 unspecified atom stereocenters. The van der Waals surface area contributed by atoms with Crippen LogP contribution in [0.3, 0.4) is 0 Å². The first-order chi connectivity index (χ1) is 12.4. The van der Waals surface area contributed by atoms with Crippen LogP contribution in [-0.2, 0) is 6.18 Å². The second-order valence-electron chi connectivity index (χ2n) is 6.25. The molecule has 1 aliphatic carbocycles. The van der Waals surface area contributed by atoms with Gasteiger partial charge in [0.15, 0.2) is 4.77 Å². The van der Waals surface area contributed by atoms with Gasteiger partial charge in [0, 0.05) is 5.92 Å². The zero-order valence-corrected chi connectivity index (χ0v) is 14.9. The number of aromatic nitrogens is 3. The van der Waals surface area contributed by atoms with Gasteiger partial charge in [0.2, 0.25) is 0 Å². The van der Waals surface area contributed by atoms with Crippen LogP contribution >= 0.6 is 23.8 Å². The van der Waals surface area contributed by atoms with E-state index in [0.717, 1.165) is 18.6 Å². The van der Waals surface area contributed by atoms with Gasteiger partial charge in [-0.1, -0.05) is 41.9 Å². The van der Waals surface area contributed by atoms with Crippen LogP contribution in [0, 0.1) is 4.77 Å². The molecule has 26 heavy (non-hydrogen) atoms. The molecule has 1 fully saturated rings. The Morgan fingerprint density at radius 2 is 1.85 bits per heavy atom. The lowest BCUT2D eigenvalue weighted by Gasteiger charge is -2.13. The van der Waals surface area contributed by atoms with E-state index in [-0.39, 0.29) is 27.3 Å². The molecule has 3 nitrogen and oxygen atoms in total. The summed E-state index contributed by atoms with van der Waals surface area (Å²) in [5.74, 6) is 0.950. The van der Waals surface area contributed by atoms with Crippen molar-refractivity contribution in [2.24, 2.45) is 0 Å². The maximum absolute atomic E-state index is 13.1. The topological polar surface area (TPSA) is 33.6 Å². The van der Waals surface area contributed by atoms with Crippen LogP contribution < -0.4 is 0 Å². The van der Waals surface area contributed by atoms with Crippen molar-refractivity contribution in [1.29, 1.82) is 0 Å². The van der Waals surface area contributed by atoms with E-state index in [4.69, 9.17) is 23.8 Å². The van der Waals surface area contributed by atoms with Gasteiger partial charge in [-0.25, -0.2) is 0 Å². The average Bonchev–Trinajstić information content (AvgIpc) is 3.31. The molecule has 1 aromatic heterocycles. The highest BCUT2D eigenvalue weighted by Crippen LogP contribution is 2.54. The Hall–Kier alpha value is -2.12. The highest BCUT2D eigenvalue weighted by Gasteiger charge is 2.43. The van der Waals surface area contributed by atoms with Crippen LogP contribution in [0.2, 0.25) is 5.02 Å². The number of benzene rings is 2. The number of hydrogen-bond acceptors (Lipinski definition) is 2. The first-order valence-electron chi connectivity index (χ1n) is 7.95. The number of hydrogen-bond donors (Lipinski definition) is 1. The van der Waals surface area contributed by atoms with Crippen LogP contribution in [0.4, 0.5) is 13.2 Å². The van der Waals surface area contributed by atoms with Crippen LogP contribution in [0.15, 0.2) is 48.5 Å².